The fourth-order valence-corrected chi connectivity index (χ4v) is 6.61. The van der Waals surface area contributed by atoms with E-state index < -0.39 is 0 Å². The zero-order chi connectivity index (χ0) is 25.4. The van der Waals surface area contributed by atoms with Crippen LogP contribution in [0.2, 0.25) is 0 Å². The smallest absolute Gasteiger partial charge is 0.121 e. The van der Waals surface area contributed by atoms with Gasteiger partial charge in [0.1, 0.15) is 5.75 Å². The van der Waals surface area contributed by atoms with Gasteiger partial charge in [-0.2, -0.15) is 5.26 Å². The average molecular weight is 494 g/mol. The number of hydrogen-bond acceptors (Lipinski definition) is 5. The molecule has 3 heterocycles. The third-order valence-corrected chi connectivity index (χ3v) is 8.57. The van der Waals surface area contributed by atoms with E-state index in [1.54, 1.807) is 7.11 Å². The lowest BCUT2D eigenvalue weighted by Gasteiger charge is -2.36. The van der Waals surface area contributed by atoms with Gasteiger partial charge in [-0.15, -0.1) is 0 Å². The van der Waals surface area contributed by atoms with Crippen LogP contribution in [0.3, 0.4) is 0 Å². The normalized spacial score (nSPS) is 21.2. The van der Waals surface area contributed by atoms with E-state index in [-0.39, 0.29) is 0 Å². The number of aromatic nitrogens is 2. The fourth-order valence-electron chi connectivity index (χ4n) is 6.61. The predicted octanol–water partition coefficient (Wildman–Crippen LogP) is 5.85. The summed E-state index contributed by atoms with van der Waals surface area (Å²) in [4.78, 5) is 9.97. The van der Waals surface area contributed by atoms with Gasteiger partial charge in [-0.1, -0.05) is 12.1 Å². The molecule has 190 valence electrons. The van der Waals surface area contributed by atoms with Gasteiger partial charge in [0.2, 0.25) is 0 Å². The Labute approximate surface area is 219 Å². The minimum Gasteiger partial charge on any atom is -0.497 e. The molecule has 0 atom stereocenters. The molecule has 1 saturated carbocycles. The molecule has 1 aliphatic carbocycles. The molecule has 2 aliphatic rings. The van der Waals surface area contributed by atoms with E-state index in [9.17, 15) is 5.26 Å². The van der Waals surface area contributed by atoms with Crippen LogP contribution in [0.5, 0.6) is 5.75 Å². The number of methoxy groups -OCH3 is 1. The van der Waals surface area contributed by atoms with Crippen LogP contribution in [-0.4, -0.2) is 53.8 Å². The fraction of sp³-hybridized carbons (Fsp3) is 0.419. The molecule has 0 N–H and O–H groups in total. The van der Waals surface area contributed by atoms with Crippen LogP contribution in [0, 0.1) is 11.3 Å². The number of hydrogen-bond donors (Lipinski definition) is 0. The number of rotatable bonds is 4. The van der Waals surface area contributed by atoms with Crippen molar-refractivity contribution in [2.75, 3.05) is 38.2 Å². The van der Waals surface area contributed by atoms with E-state index in [0.29, 0.717) is 12.0 Å². The summed E-state index contributed by atoms with van der Waals surface area (Å²) in [5, 5.41) is 11.7. The highest BCUT2D eigenvalue weighted by atomic mass is 16.5. The number of ether oxygens (including phenoxy) is 1. The van der Waals surface area contributed by atoms with Crippen LogP contribution in [0.15, 0.2) is 54.9 Å². The lowest BCUT2D eigenvalue weighted by Crippen LogP contribution is -2.40. The lowest BCUT2D eigenvalue weighted by molar-refractivity contribution is 0.159. The Kier molecular flexibility index (Phi) is 6.48. The van der Waals surface area contributed by atoms with Gasteiger partial charge < -0.3 is 14.2 Å². The molecule has 2 aromatic heterocycles. The summed E-state index contributed by atoms with van der Waals surface area (Å²) < 4.78 is 7.80. The Morgan fingerprint density at radius 2 is 1.86 bits per heavy atom. The number of pyridine rings is 1. The van der Waals surface area contributed by atoms with Crippen molar-refractivity contribution in [2.24, 2.45) is 7.05 Å². The van der Waals surface area contributed by atoms with Crippen LogP contribution in [0.1, 0.15) is 49.1 Å². The highest BCUT2D eigenvalue weighted by Gasteiger charge is 2.29. The number of nitrogens with zero attached hydrogens (tertiary/aromatic N) is 5. The van der Waals surface area contributed by atoms with E-state index in [2.05, 4.69) is 57.9 Å². The van der Waals surface area contributed by atoms with Crippen LogP contribution in [0.25, 0.3) is 21.8 Å². The van der Waals surface area contributed by atoms with Crippen molar-refractivity contribution in [1.29, 1.82) is 5.26 Å². The second-order valence-corrected chi connectivity index (χ2v) is 10.6. The Morgan fingerprint density at radius 1 is 1.00 bits per heavy atom. The third kappa shape index (κ3) is 4.53. The van der Waals surface area contributed by atoms with Crippen LogP contribution >= 0.6 is 0 Å². The highest BCUT2D eigenvalue weighted by Crippen LogP contribution is 2.39. The van der Waals surface area contributed by atoms with Crippen molar-refractivity contribution in [3.8, 4) is 11.8 Å². The molecular weight excluding hydrogens is 458 g/mol. The van der Waals surface area contributed by atoms with Gasteiger partial charge in [0.15, 0.2) is 0 Å². The summed E-state index contributed by atoms with van der Waals surface area (Å²) in [6, 6.07) is 17.4. The minimum absolute atomic E-state index is 0.602. The molecule has 37 heavy (non-hydrogen) atoms. The first-order valence-electron chi connectivity index (χ1n) is 13.6. The average Bonchev–Trinajstić information content (AvgIpc) is 3.11. The zero-order valence-electron chi connectivity index (χ0n) is 21.9. The zero-order valence-corrected chi connectivity index (χ0v) is 21.9. The predicted molar refractivity (Wildman–Crippen MR) is 149 cm³/mol. The standard InChI is InChI=1S/C31H35N5O/c1-34-21-28(27-11-6-22(20-32)17-29(27)34)23-7-9-25(10-8-23)35-13-4-14-36(16-15-35)30-19-26(37-2)18-24-5-3-12-33-31(24)30/h3,5-6,11-12,17-19,21,23,25H,4,7-10,13-16H2,1-2H3. The van der Waals surface area contributed by atoms with E-state index in [1.165, 1.54) is 47.8 Å². The minimum atomic E-state index is 0.602. The Balaban J connectivity index is 1.13. The quantitative estimate of drug-likeness (QED) is 0.357. The molecular formula is C31H35N5O. The molecule has 1 aliphatic heterocycles. The van der Waals surface area contributed by atoms with Gasteiger partial charge in [-0.3, -0.25) is 9.88 Å². The summed E-state index contributed by atoms with van der Waals surface area (Å²) in [7, 11) is 3.84. The molecule has 0 spiro atoms. The first-order valence-corrected chi connectivity index (χ1v) is 13.6. The summed E-state index contributed by atoms with van der Waals surface area (Å²) in [5.74, 6) is 1.50. The number of fused-ring (bicyclic) bond motifs is 2. The molecule has 4 aromatic rings. The van der Waals surface area contributed by atoms with Crippen LogP contribution < -0.4 is 9.64 Å². The maximum Gasteiger partial charge on any atom is 0.121 e. The largest absolute Gasteiger partial charge is 0.497 e. The monoisotopic (exact) mass is 493 g/mol. The molecule has 0 unspecified atom stereocenters. The summed E-state index contributed by atoms with van der Waals surface area (Å²) in [5.41, 5.74) is 5.62. The summed E-state index contributed by atoms with van der Waals surface area (Å²) >= 11 is 0. The maximum absolute atomic E-state index is 9.29. The van der Waals surface area contributed by atoms with E-state index in [4.69, 9.17) is 9.72 Å². The molecule has 0 bridgehead atoms. The van der Waals surface area contributed by atoms with Gasteiger partial charge in [0.05, 0.1) is 29.9 Å². The van der Waals surface area contributed by atoms with E-state index >= 15 is 0 Å². The molecule has 2 aromatic carbocycles. The Morgan fingerprint density at radius 3 is 2.68 bits per heavy atom. The van der Waals surface area contributed by atoms with E-state index in [1.807, 2.05) is 24.4 Å². The van der Waals surface area contributed by atoms with Gasteiger partial charge in [0.25, 0.3) is 0 Å². The topological polar surface area (TPSA) is 57.3 Å². The number of benzene rings is 2. The van der Waals surface area contributed by atoms with Gasteiger partial charge in [0, 0.05) is 74.0 Å². The van der Waals surface area contributed by atoms with Crippen LogP contribution in [0.4, 0.5) is 5.69 Å². The molecule has 1 saturated heterocycles. The van der Waals surface area contributed by atoms with Crippen molar-refractivity contribution in [3.05, 3.63) is 66.0 Å². The van der Waals surface area contributed by atoms with E-state index in [0.717, 1.165) is 54.8 Å². The van der Waals surface area contributed by atoms with Crippen molar-refractivity contribution in [3.63, 3.8) is 0 Å². The number of anilines is 1. The molecule has 2 fully saturated rings. The first-order chi connectivity index (χ1) is 18.1. The van der Waals surface area contributed by atoms with Gasteiger partial charge in [-0.25, -0.2) is 0 Å². The number of nitriles is 1. The van der Waals surface area contributed by atoms with Gasteiger partial charge in [-0.05, 0) is 67.9 Å². The molecule has 6 heteroatoms. The molecule has 6 nitrogen and oxygen atoms in total. The summed E-state index contributed by atoms with van der Waals surface area (Å²) in [6.45, 7) is 4.31. The second-order valence-electron chi connectivity index (χ2n) is 10.6. The summed E-state index contributed by atoms with van der Waals surface area (Å²) in [6.07, 6.45) is 10.3. The van der Waals surface area contributed by atoms with Gasteiger partial charge >= 0.3 is 0 Å². The van der Waals surface area contributed by atoms with Crippen LogP contribution in [-0.2, 0) is 7.05 Å². The second kappa shape index (κ2) is 10.1. The highest BCUT2D eigenvalue weighted by molar-refractivity contribution is 5.92. The van der Waals surface area contributed by atoms with Crippen molar-refractivity contribution >= 4 is 27.5 Å². The lowest BCUT2D eigenvalue weighted by atomic mass is 9.81. The SMILES string of the molecule is COc1cc(N2CCCN(C3CCC(c4cn(C)c5cc(C#N)ccc45)CC3)CC2)c2ncccc2c1. The Bertz CT molecular complexity index is 1460. The maximum atomic E-state index is 9.29. The first kappa shape index (κ1) is 23.8. The van der Waals surface area contributed by atoms with Crippen molar-refractivity contribution in [1.82, 2.24) is 14.5 Å². The molecule has 6 rings (SSSR count). The molecule has 0 amide bonds. The third-order valence-electron chi connectivity index (χ3n) is 8.57. The Hall–Kier alpha value is -3.56. The van der Waals surface area contributed by atoms with Crippen molar-refractivity contribution < 1.29 is 4.74 Å². The van der Waals surface area contributed by atoms with Crippen molar-refractivity contribution in [2.45, 2.75) is 44.1 Å². The number of aryl methyl sites for hydroxylation is 1. The molecule has 0 radical (unpaired) electrons.